The van der Waals surface area contributed by atoms with Crippen molar-refractivity contribution in [3.8, 4) is 0 Å². The quantitative estimate of drug-likeness (QED) is 0.635. The molecule has 0 aliphatic rings. The Morgan fingerprint density at radius 2 is 2.54 bits per heavy atom. The molecular weight excluding hydrogens is 176 g/mol. The molecule has 5 nitrogen and oxygen atoms in total. The standard InChI is InChI=1S/C8H7O5/c1-2-3-6(12-5-9)7-4-11-8(10)13-7/h2,4,6H,1,3H2. The maximum atomic E-state index is 10.5. The molecule has 13 heavy (non-hydrogen) atoms. The van der Waals surface area contributed by atoms with E-state index in [1.807, 2.05) is 0 Å². The molecule has 1 atom stereocenters. The third-order valence-corrected chi connectivity index (χ3v) is 1.36. The number of ether oxygens (including phenoxy) is 1. The normalized spacial score (nSPS) is 12.0. The first-order valence-corrected chi connectivity index (χ1v) is 3.50. The first-order chi connectivity index (χ1) is 6.27. The summed E-state index contributed by atoms with van der Waals surface area (Å²) in [6, 6.07) is 0. The SMILES string of the molecule is C=CCC(O[C]=O)c1coc(=O)o1. The van der Waals surface area contributed by atoms with Crippen molar-refractivity contribution in [2.45, 2.75) is 12.5 Å². The molecule has 1 aromatic rings. The second-order valence-corrected chi connectivity index (χ2v) is 2.20. The van der Waals surface area contributed by atoms with Crippen molar-refractivity contribution < 1.29 is 18.4 Å². The summed E-state index contributed by atoms with van der Waals surface area (Å²) in [5, 5.41) is 0. The van der Waals surface area contributed by atoms with E-state index in [1.165, 1.54) is 12.5 Å². The van der Waals surface area contributed by atoms with E-state index in [4.69, 9.17) is 0 Å². The van der Waals surface area contributed by atoms with Crippen molar-refractivity contribution in [2.24, 2.45) is 0 Å². The summed E-state index contributed by atoms with van der Waals surface area (Å²) in [5.74, 6) is -0.688. The predicted octanol–water partition coefficient (Wildman–Crippen LogP) is 0.934. The summed E-state index contributed by atoms with van der Waals surface area (Å²) in [4.78, 5) is 20.4. The predicted molar refractivity (Wildman–Crippen MR) is 41.6 cm³/mol. The Kier molecular flexibility index (Phi) is 3.08. The molecule has 0 saturated carbocycles. The fraction of sp³-hybridized carbons (Fsp3) is 0.250. The molecule has 1 aromatic heterocycles. The molecule has 1 heterocycles. The van der Waals surface area contributed by atoms with Gasteiger partial charge in [-0.25, -0.2) is 9.59 Å². The molecule has 0 spiro atoms. The van der Waals surface area contributed by atoms with Crippen LogP contribution in [-0.2, 0) is 9.53 Å². The first kappa shape index (κ1) is 9.31. The lowest BCUT2D eigenvalue weighted by Gasteiger charge is -2.06. The number of carbonyl (C=O) groups excluding carboxylic acids is 1. The summed E-state index contributed by atoms with van der Waals surface area (Å²) in [5.41, 5.74) is 0. The summed E-state index contributed by atoms with van der Waals surface area (Å²) in [6.07, 6.45) is 2.25. The Balaban J connectivity index is 2.80. The van der Waals surface area contributed by atoms with Gasteiger partial charge in [-0.2, -0.15) is 0 Å². The zero-order chi connectivity index (χ0) is 9.68. The van der Waals surface area contributed by atoms with E-state index in [0.29, 0.717) is 6.42 Å². The van der Waals surface area contributed by atoms with Crippen molar-refractivity contribution in [3.63, 3.8) is 0 Å². The molecule has 0 aliphatic heterocycles. The van der Waals surface area contributed by atoms with Gasteiger partial charge in [0.25, 0.3) is 0 Å². The highest BCUT2D eigenvalue weighted by atomic mass is 16.6. The van der Waals surface area contributed by atoms with E-state index in [-0.39, 0.29) is 5.76 Å². The van der Waals surface area contributed by atoms with Gasteiger partial charge >= 0.3 is 12.3 Å². The number of hydrogen-bond donors (Lipinski definition) is 0. The third kappa shape index (κ3) is 2.33. The molecule has 1 unspecified atom stereocenters. The van der Waals surface area contributed by atoms with Gasteiger partial charge in [0.05, 0.1) is 0 Å². The summed E-state index contributed by atoms with van der Waals surface area (Å²) in [6.45, 7) is 4.71. The molecule has 0 bridgehead atoms. The monoisotopic (exact) mass is 183 g/mol. The van der Waals surface area contributed by atoms with Gasteiger partial charge in [0.2, 0.25) is 0 Å². The lowest BCUT2D eigenvalue weighted by atomic mass is 10.2. The van der Waals surface area contributed by atoms with Gasteiger partial charge < -0.3 is 13.6 Å². The maximum absolute atomic E-state index is 10.5. The van der Waals surface area contributed by atoms with Crippen LogP contribution in [-0.4, -0.2) is 6.47 Å². The zero-order valence-corrected chi connectivity index (χ0v) is 6.69. The maximum Gasteiger partial charge on any atom is 0.518 e. The first-order valence-electron chi connectivity index (χ1n) is 3.50. The Hall–Kier alpha value is -1.78. The largest absolute Gasteiger partial charge is 0.518 e. The van der Waals surface area contributed by atoms with Gasteiger partial charge in [-0.05, 0) is 0 Å². The number of hydrogen-bond acceptors (Lipinski definition) is 5. The van der Waals surface area contributed by atoms with E-state index in [9.17, 15) is 9.59 Å². The minimum Gasteiger partial charge on any atom is -0.445 e. The zero-order valence-electron chi connectivity index (χ0n) is 6.69. The summed E-state index contributed by atoms with van der Waals surface area (Å²) < 4.78 is 13.5. The van der Waals surface area contributed by atoms with E-state index in [1.54, 1.807) is 0 Å². The Labute approximate surface area is 73.6 Å². The molecule has 1 rings (SSSR count). The van der Waals surface area contributed by atoms with E-state index < -0.39 is 11.9 Å². The van der Waals surface area contributed by atoms with Crippen molar-refractivity contribution in [3.05, 3.63) is 35.3 Å². The van der Waals surface area contributed by atoms with Crippen LogP contribution in [0.25, 0.3) is 0 Å². The van der Waals surface area contributed by atoms with Crippen LogP contribution in [0.5, 0.6) is 0 Å². The molecule has 0 aliphatic carbocycles. The van der Waals surface area contributed by atoms with Crippen LogP contribution >= 0.6 is 0 Å². The summed E-state index contributed by atoms with van der Waals surface area (Å²) in [7, 11) is 0. The van der Waals surface area contributed by atoms with Gasteiger partial charge in [0, 0.05) is 6.42 Å². The number of rotatable bonds is 5. The minimum atomic E-state index is -0.835. The minimum absolute atomic E-state index is 0.147. The third-order valence-electron chi connectivity index (χ3n) is 1.36. The Morgan fingerprint density at radius 3 is 3.00 bits per heavy atom. The topological polar surface area (TPSA) is 69.7 Å². The van der Waals surface area contributed by atoms with Crippen LogP contribution in [0.4, 0.5) is 0 Å². The van der Waals surface area contributed by atoms with Crippen LogP contribution in [0.2, 0.25) is 0 Å². The van der Waals surface area contributed by atoms with E-state index in [2.05, 4.69) is 20.2 Å². The average molecular weight is 183 g/mol. The second kappa shape index (κ2) is 4.30. The molecular formula is C8H7O5. The Bertz CT molecular complexity index is 324. The van der Waals surface area contributed by atoms with Crippen molar-refractivity contribution in [1.29, 1.82) is 0 Å². The molecule has 1 radical (unpaired) electrons. The van der Waals surface area contributed by atoms with Gasteiger partial charge in [-0.1, -0.05) is 6.08 Å². The van der Waals surface area contributed by atoms with Crippen molar-refractivity contribution in [1.82, 2.24) is 0 Å². The summed E-state index contributed by atoms with van der Waals surface area (Å²) >= 11 is 0. The highest BCUT2D eigenvalue weighted by Gasteiger charge is 2.16. The molecule has 0 saturated heterocycles. The lowest BCUT2D eigenvalue weighted by molar-refractivity contribution is 0.154. The molecule has 0 fully saturated rings. The van der Waals surface area contributed by atoms with E-state index in [0.717, 1.165) is 6.26 Å². The van der Waals surface area contributed by atoms with Gasteiger partial charge in [-0.3, -0.25) is 0 Å². The Morgan fingerprint density at radius 1 is 1.77 bits per heavy atom. The van der Waals surface area contributed by atoms with E-state index >= 15 is 0 Å². The average Bonchev–Trinajstić information content (AvgIpc) is 2.51. The molecule has 0 amide bonds. The van der Waals surface area contributed by atoms with Gasteiger partial charge in [0.1, 0.15) is 6.26 Å². The fourth-order valence-corrected chi connectivity index (χ4v) is 0.824. The van der Waals surface area contributed by atoms with Gasteiger partial charge in [-0.15, -0.1) is 6.58 Å². The fourth-order valence-electron chi connectivity index (χ4n) is 0.824. The van der Waals surface area contributed by atoms with Crippen LogP contribution in [0.15, 0.2) is 32.5 Å². The highest BCUT2D eigenvalue weighted by Crippen LogP contribution is 2.19. The van der Waals surface area contributed by atoms with Gasteiger partial charge in [0.15, 0.2) is 11.9 Å². The second-order valence-electron chi connectivity index (χ2n) is 2.20. The smallest absolute Gasteiger partial charge is 0.445 e. The molecule has 5 heteroatoms. The van der Waals surface area contributed by atoms with Crippen molar-refractivity contribution >= 4 is 6.47 Å². The van der Waals surface area contributed by atoms with Crippen molar-refractivity contribution in [2.75, 3.05) is 0 Å². The molecule has 0 aromatic carbocycles. The van der Waals surface area contributed by atoms with Crippen LogP contribution in [0, 0.1) is 0 Å². The van der Waals surface area contributed by atoms with Crippen LogP contribution in [0.3, 0.4) is 0 Å². The molecule has 69 valence electrons. The van der Waals surface area contributed by atoms with Crippen LogP contribution < -0.4 is 5.82 Å². The molecule has 0 N–H and O–H groups in total. The highest BCUT2D eigenvalue weighted by molar-refractivity contribution is 5.39. The van der Waals surface area contributed by atoms with Crippen LogP contribution in [0.1, 0.15) is 18.3 Å². The lowest BCUT2D eigenvalue weighted by Crippen LogP contribution is -2.01.